The predicted molar refractivity (Wildman–Crippen MR) is 146 cm³/mol. The third-order valence-corrected chi connectivity index (χ3v) is 7.67. The number of aryl methyl sites for hydroxylation is 1. The summed E-state index contributed by atoms with van der Waals surface area (Å²) in [7, 11) is 1.91. The van der Waals surface area contributed by atoms with Gasteiger partial charge in [0.2, 0.25) is 0 Å². The van der Waals surface area contributed by atoms with E-state index in [9.17, 15) is 25.2 Å². The molecular formula is C26H33BrN2O7S. The van der Waals surface area contributed by atoms with E-state index < -0.39 is 37.4 Å². The van der Waals surface area contributed by atoms with Gasteiger partial charge in [-0.2, -0.15) is 0 Å². The van der Waals surface area contributed by atoms with Gasteiger partial charge in [0.1, 0.15) is 18.5 Å². The van der Waals surface area contributed by atoms with E-state index in [2.05, 4.69) is 21.2 Å². The molecule has 0 saturated heterocycles. The third kappa shape index (κ3) is 7.05. The van der Waals surface area contributed by atoms with Crippen molar-refractivity contribution in [2.75, 3.05) is 39.6 Å². The molecule has 3 aromatic rings. The second-order valence-corrected chi connectivity index (χ2v) is 10.5. The number of fused-ring (bicyclic) bond motifs is 1. The zero-order chi connectivity index (χ0) is 27.0. The molecule has 9 nitrogen and oxygen atoms in total. The van der Waals surface area contributed by atoms with Crippen molar-refractivity contribution in [1.82, 2.24) is 9.88 Å². The van der Waals surface area contributed by atoms with Gasteiger partial charge >= 0.3 is 5.97 Å². The highest BCUT2D eigenvalue weighted by Crippen LogP contribution is 2.37. The van der Waals surface area contributed by atoms with E-state index in [0.29, 0.717) is 26.9 Å². The summed E-state index contributed by atoms with van der Waals surface area (Å²) >= 11 is 5.15. The minimum Gasteiger partial charge on any atom is -0.490 e. The Morgan fingerprint density at radius 2 is 1.84 bits per heavy atom. The van der Waals surface area contributed by atoms with E-state index in [-0.39, 0.29) is 19.8 Å². The maximum Gasteiger partial charge on any atom is 0.340 e. The fourth-order valence-electron chi connectivity index (χ4n) is 3.77. The van der Waals surface area contributed by atoms with Crippen molar-refractivity contribution >= 4 is 44.6 Å². The first kappa shape index (κ1) is 29.4. The monoisotopic (exact) mass is 596 g/mol. The second kappa shape index (κ2) is 13.6. The Kier molecular flexibility index (Phi) is 10.8. The Bertz CT molecular complexity index is 1180. The van der Waals surface area contributed by atoms with E-state index in [1.54, 1.807) is 24.8 Å². The smallest absolute Gasteiger partial charge is 0.340 e. The van der Waals surface area contributed by atoms with Gasteiger partial charge in [-0.25, -0.2) is 4.79 Å². The van der Waals surface area contributed by atoms with Crippen LogP contribution in [0.25, 0.3) is 10.9 Å². The van der Waals surface area contributed by atoms with Crippen molar-refractivity contribution in [2.45, 2.75) is 29.2 Å². The summed E-state index contributed by atoms with van der Waals surface area (Å²) < 4.78 is 13.9. The summed E-state index contributed by atoms with van der Waals surface area (Å²) in [6.45, 7) is 0.398. The molecule has 0 unspecified atom stereocenters. The molecule has 202 valence electrons. The summed E-state index contributed by atoms with van der Waals surface area (Å²) in [6.07, 6.45) is -0.996. The van der Waals surface area contributed by atoms with Crippen molar-refractivity contribution in [1.29, 1.82) is 0 Å². The van der Waals surface area contributed by atoms with Crippen LogP contribution in [0.1, 0.15) is 23.0 Å². The van der Waals surface area contributed by atoms with E-state index in [4.69, 9.17) is 9.47 Å². The number of aliphatic hydroxyl groups excluding tert-OH is 4. The molecule has 1 heterocycles. The molecule has 3 rings (SSSR count). The van der Waals surface area contributed by atoms with Gasteiger partial charge in [0.15, 0.2) is 0 Å². The Morgan fingerprint density at radius 1 is 1.16 bits per heavy atom. The standard InChI is InChI=1S/C26H33BrN2O7S/c1-3-35-25(34)24-19-9-23(36-12-17(33)11-28-26(14-30,15-31)16-32)20(27)10-21(19)29(2)22(24)13-37-18-7-5-4-6-8-18/h4-10,17,28,30-33H,3,11-16H2,1-2H3/t17-/m1/s1. The number of nitrogens with one attached hydrogen (secondary N) is 1. The number of nitrogens with zero attached hydrogens (tertiary/aromatic N) is 1. The summed E-state index contributed by atoms with van der Waals surface area (Å²) in [5.41, 5.74) is 0.824. The number of rotatable bonds is 14. The van der Waals surface area contributed by atoms with Crippen molar-refractivity contribution in [3.63, 3.8) is 0 Å². The summed E-state index contributed by atoms with van der Waals surface area (Å²) in [4.78, 5) is 14.1. The van der Waals surface area contributed by atoms with Crippen LogP contribution in [0, 0.1) is 0 Å². The number of hydrogen-bond acceptors (Lipinski definition) is 9. The molecule has 0 aliphatic heterocycles. The number of aliphatic hydroxyl groups is 4. The van der Waals surface area contributed by atoms with Gasteiger partial charge in [0.05, 0.1) is 47.5 Å². The molecular weight excluding hydrogens is 564 g/mol. The summed E-state index contributed by atoms with van der Waals surface area (Å²) in [6, 6.07) is 13.6. The van der Waals surface area contributed by atoms with E-state index in [0.717, 1.165) is 16.1 Å². The van der Waals surface area contributed by atoms with Crippen LogP contribution in [0.15, 0.2) is 51.8 Å². The lowest BCUT2D eigenvalue weighted by Crippen LogP contribution is -2.57. The first-order valence-corrected chi connectivity index (χ1v) is 13.6. The van der Waals surface area contributed by atoms with Crippen LogP contribution in [0.3, 0.4) is 0 Å². The molecule has 0 fully saturated rings. The Morgan fingerprint density at radius 3 is 2.46 bits per heavy atom. The number of thioether (sulfide) groups is 1. The fourth-order valence-corrected chi connectivity index (χ4v) is 5.20. The Labute approximate surface area is 228 Å². The number of esters is 1. The highest BCUT2D eigenvalue weighted by atomic mass is 79.9. The van der Waals surface area contributed by atoms with Crippen molar-refractivity contribution in [3.05, 3.63) is 58.2 Å². The van der Waals surface area contributed by atoms with Crippen molar-refractivity contribution in [3.8, 4) is 5.75 Å². The molecule has 0 radical (unpaired) electrons. The molecule has 0 saturated carbocycles. The number of halogens is 1. The highest BCUT2D eigenvalue weighted by molar-refractivity contribution is 9.10. The fraction of sp³-hybridized carbons (Fsp3) is 0.423. The first-order chi connectivity index (χ1) is 17.8. The molecule has 1 aromatic heterocycles. The topological polar surface area (TPSA) is 133 Å². The molecule has 0 bridgehead atoms. The lowest BCUT2D eigenvalue weighted by Gasteiger charge is -2.30. The summed E-state index contributed by atoms with van der Waals surface area (Å²) in [5, 5.41) is 42.1. The number of β-amino-alcohol motifs (C(OH)–C–C–N with tert-alkyl or cyclic N) is 1. The van der Waals surface area contributed by atoms with Gasteiger partial charge in [-0.15, -0.1) is 11.8 Å². The zero-order valence-electron chi connectivity index (χ0n) is 20.8. The van der Waals surface area contributed by atoms with Crippen molar-refractivity contribution in [2.24, 2.45) is 7.05 Å². The largest absolute Gasteiger partial charge is 0.490 e. The van der Waals surface area contributed by atoms with Gasteiger partial charge in [-0.05, 0) is 47.1 Å². The van der Waals surface area contributed by atoms with Gasteiger partial charge in [0.25, 0.3) is 0 Å². The predicted octanol–water partition coefficient (Wildman–Crippen LogP) is 2.45. The lowest BCUT2D eigenvalue weighted by molar-refractivity contribution is 0.0260. The van der Waals surface area contributed by atoms with Gasteiger partial charge in [-0.1, -0.05) is 18.2 Å². The van der Waals surface area contributed by atoms with E-state index >= 15 is 0 Å². The quantitative estimate of drug-likeness (QED) is 0.140. The SMILES string of the molecule is CCOC(=O)c1c(CSc2ccccc2)n(C)c2cc(Br)c(OC[C@H](O)CNC(CO)(CO)CO)cc12. The average Bonchev–Trinajstić information content (AvgIpc) is 3.18. The normalized spacial score (nSPS) is 12.6. The van der Waals surface area contributed by atoms with Crippen LogP contribution in [0.5, 0.6) is 5.75 Å². The number of carbonyl (C=O) groups is 1. The Hall–Kier alpha value is -2.12. The molecule has 5 N–H and O–H groups in total. The van der Waals surface area contributed by atoms with Crippen LogP contribution >= 0.6 is 27.7 Å². The van der Waals surface area contributed by atoms with Crippen LogP contribution in [-0.4, -0.2) is 82.2 Å². The second-order valence-electron chi connectivity index (χ2n) is 8.60. The first-order valence-electron chi connectivity index (χ1n) is 11.8. The van der Waals surface area contributed by atoms with Gasteiger partial charge in [-0.3, -0.25) is 0 Å². The minimum absolute atomic E-state index is 0.0260. The van der Waals surface area contributed by atoms with Crippen LogP contribution < -0.4 is 10.1 Å². The van der Waals surface area contributed by atoms with Gasteiger partial charge in [0, 0.05) is 35.3 Å². The number of ether oxygens (including phenoxy) is 2. The molecule has 0 spiro atoms. The minimum atomic E-state index is -1.30. The third-order valence-electron chi connectivity index (χ3n) is 6.02. The van der Waals surface area contributed by atoms with E-state index in [1.165, 1.54) is 0 Å². The highest BCUT2D eigenvalue weighted by Gasteiger charge is 2.28. The molecule has 37 heavy (non-hydrogen) atoms. The average molecular weight is 598 g/mol. The van der Waals surface area contributed by atoms with Crippen molar-refractivity contribution < 1.29 is 34.7 Å². The summed E-state index contributed by atoms with van der Waals surface area (Å²) in [5.74, 6) is 0.578. The zero-order valence-corrected chi connectivity index (χ0v) is 23.2. The van der Waals surface area contributed by atoms with E-state index in [1.807, 2.05) is 48.0 Å². The molecule has 0 aliphatic carbocycles. The number of carbonyl (C=O) groups excluding carboxylic acids is 1. The van der Waals surface area contributed by atoms with Crippen LogP contribution in [0.4, 0.5) is 0 Å². The molecule has 1 atom stereocenters. The Balaban J connectivity index is 1.85. The number of hydrogen-bond donors (Lipinski definition) is 5. The number of benzene rings is 2. The maximum absolute atomic E-state index is 13.0. The number of aromatic nitrogens is 1. The molecule has 0 amide bonds. The molecule has 2 aromatic carbocycles. The molecule has 0 aliphatic rings. The van der Waals surface area contributed by atoms with Crippen LogP contribution in [-0.2, 0) is 17.5 Å². The van der Waals surface area contributed by atoms with Crippen LogP contribution in [0.2, 0.25) is 0 Å². The molecule has 11 heteroatoms. The van der Waals surface area contributed by atoms with Gasteiger partial charge < -0.3 is 39.8 Å². The lowest BCUT2D eigenvalue weighted by atomic mass is 10.0. The maximum atomic E-state index is 13.0.